The van der Waals surface area contributed by atoms with E-state index in [0.717, 1.165) is 49.2 Å². The van der Waals surface area contributed by atoms with Gasteiger partial charge in [0, 0.05) is 17.8 Å². The van der Waals surface area contributed by atoms with Gasteiger partial charge in [-0.3, -0.25) is 9.59 Å². The zero-order valence-corrected chi connectivity index (χ0v) is 24.4. The van der Waals surface area contributed by atoms with Gasteiger partial charge in [-0.15, -0.1) is 0 Å². The fraction of sp³-hybridized carbons (Fsp3) is 0.448. The molecule has 2 heterocycles. The summed E-state index contributed by atoms with van der Waals surface area (Å²) in [4.78, 5) is 32.7. The predicted molar refractivity (Wildman–Crippen MR) is 154 cm³/mol. The Morgan fingerprint density at radius 2 is 1.85 bits per heavy atom. The first-order chi connectivity index (χ1) is 18.6. The second-order valence-electron chi connectivity index (χ2n) is 10.4. The fourth-order valence-electron chi connectivity index (χ4n) is 4.97. The topological polar surface area (TPSA) is 89.3 Å². The molecule has 3 aromatic rings. The molecule has 1 N–H and O–H groups in total. The molecule has 1 fully saturated rings. The van der Waals surface area contributed by atoms with Crippen LogP contribution in [-0.2, 0) is 4.79 Å². The van der Waals surface area contributed by atoms with E-state index >= 15 is 0 Å². The van der Waals surface area contributed by atoms with Crippen molar-refractivity contribution < 1.29 is 14.3 Å². The molecule has 10 heteroatoms. The van der Waals surface area contributed by atoms with Crippen LogP contribution in [0.3, 0.4) is 0 Å². The lowest BCUT2D eigenvalue weighted by molar-refractivity contribution is -0.118. The number of carbonyl (C=O) groups excluding carboxylic acids is 2. The number of amides is 1. The quantitative estimate of drug-likeness (QED) is 0.247. The van der Waals surface area contributed by atoms with Gasteiger partial charge < -0.3 is 15.0 Å². The third-order valence-electron chi connectivity index (χ3n) is 6.99. The molecule has 4 rings (SSSR count). The van der Waals surface area contributed by atoms with Crippen molar-refractivity contribution in [3.05, 3.63) is 58.5 Å². The number of benzene rings is 1. The molecular weight excluding hydrogens is 537 g/mol. The Labute approximate surface area is 239 Å². The van der Waals surface area contributed by atoms with Gasteiger partial charge in [0.15, 0.2) is 0 Å². The average Bonchev–Trinajstić information content (AvgIpc) is 3.24. The summed E-state index contributed by atoms with van der Waals surface area (Å²) in [5.74, 6) is 0.0963. The molecule has 0 saturated heterocycles. The Morgan fingerprint density at radius 1 is 1.10 bits per heavy atom. The molecule has 1 amide bonds. The third kappa shape index (κ3) is 6.80. The van der Waals surface area contributed by atoms with Crippen molar-refractivity contribution in [1.82, 2.24) is 25.0 Å². The molecule has 1 saturated carbocycles. The summed E-state index contributed by atoms with van der Waals surface area (Å²) in [6.45, 7) is 5.29. The van der Waals surface area contributed by atoms with E-state index in [9.17, 15) is 9.59 Å². The van der Waals surface area contributed by atoms with E-state index < -0.39 is 16.7 Å². The molecule has 0 spiro atoms. The van der Waals surface area contributed by atoms with E-state index in [4.69, 9.17) is 32.9 Å². The van der Waals surface area contributed by atoms with Crippen LogP contribution in [0.25, 0.3) is 16.9 Å². The first kappa shape index (κ1) is 29.1. The van der Waals surface area contributed by atoms with Gasteiger partial charge in [-0.25, -0.2) is 9.67 Å². The first-order valence-electron chi connectivity index (χ1n) is 13.2. The second-order valence-corrected chi connectivity index (χ2v) is 11.2. The van der Waals surface area contributed by atoms with E-state index in [0.29, 0.717) is 41.6 Å². The van der Waals surface area contributed by atoms with Gasteiger partial charge in [0.05, 0.1) is 28.7 Å². The summed E-state index contributed by atoms with van der Waals surface area (Å²) in [5, 5.41) is 7.50. The Balaban J connectivity index is 1.72. The van der Waals surface area contributed by atoms with Crippen molar-refractivity contribution in [2.24, 2.45) is 0 Å². The van der Waals surface area contributed by atoms with Crippen molar-refractivity contribution in [2.75, 3.05) is 27.2 Å². The smallest absolute Gasteiger partial charge is 0.270 e. The number of nitrogens with zero attached hydrogens (tertiary/aromatic N) is 4. The molecule has 1 aromatic carbocycles. The maximum Gasteiger partial charge on any atom is 0.270 e. The van der Waals surface area contributed by atoms with Crippen LogP contribution < -0.4 is 10.1 Å². The molecule has 1 aliphatic carbocycles. The lowest BCUT2D eigenvalue weighted by Gasteiger charge is -2.34. The summed E-state index contributed by atoms with van der Waals surface area (Å²) >= 11 is 12.4. The van der Waals surface area contributed by atoms with Crippen molar-refractivity contribution in [2.45, 2.75) is 57.9 Å². The molecule has 0 radical (unpaired) electrons. The molecule has 1 aliphatic rings. The normalized spacial score (nSPS) is 14.8. The molecule has 0 atom stereocenters. The van der Waals surface area contributed by atoms with Crippen molar-refractivity contribution >= 4 is 34.4 Å². The summed E-state index contributed by atoms with van der Waals surface area (Å²) in [6.07, 6.45) is 4.55. The Kier molecular flexibility index (Phi) is 9.31. The highest BCUT2D eigenvalue weighted by Gasteiger charge is 2.40. The molecule has 2 aromatic heterocycles. The van der Waals surface area contributed by atoms with Gasteiger partial charge in [-0.2, -0.15) is 5.10 Å². The SMILES string of the molecule is Cc1cc(C)n(-c2ccc(C(=O)NC3(C(=O)Cl)CCCCC3)nc2-c2ccc(Cl)c(OCCCN(C)C)c2)n1. The first-order valence-corrected chi connectivity index (χ1v) is 14.0. The monoisotopic (exact) mass is 571 g/mol. The number of aromatic nitrogens is 3. The number of carbonyl (C=O) groups is 2. The zero-order chi connectivity index (χ0) is 28.2. The van der Waals surface area contributed by atoms with Crippen LogP contribution in [0, 0.1) is 13.8 Å². The second kappa shape index (κ2) is 12.5. The molecule has 208 valence electrons. The number of ether oxygens (including phenoxy) is 1. The lowest BCUT2D eigenvalue weighted by Crippen LogP contribution is -2.54. The molecule has 0 aliphatic heterocycles. The van der Waals surface area contributed by atoms with Crippen LogP contribution in [0.2, 0.25) is 5.02 Å². The van der Waals surface area contributed by atoms with Gasteiger partial charge in [0.2, 0.25) is 5.24 Å². The van der Waals surface area contributed by atoms with Crippen LogP contribution in [0.1, 0.15) is 60.4 Å². The maximum absolute atomic E-state index is 13.4. The van der Waals surface area contributed by atoms with Gasteiger partial charge in [0.25, 0.3) is 5.91 Å². The Hall–Kier alpha value is -2.94. The van der Waals surface area contributed by atoms with E-state index in [-0.39, 0.29) is 5.69 Å². The average molecular weight is 573 g/mol. The third-order valence-corrected chi connectivity index (χ3v) is 7.67. The summed E-state index contributed by atoms with van der Waals surface area (Å²) in [6, 6.07) is 10.9. The van der Waals surface area contributed by atoms with Crippen LogP contribution in [0.15, 0.2) is 36.4 Å². The van der Waals surface area contributed by atoms with E-state index in [2.05, 4.69) is 15.3 Å². The number of pyridine rings is 1. The number of halogens is 2. The number of nitrogens with one attached hydrogen (secondary N) is 1. The molecule has 0 bridgehead atoms. The van der Waals surface area contributed by atoms with Crippen LogP contribution in [0.5, 0.6) is 5.75 Å². The van der Waals surface area contributed by atoms with E-state index in [1.165, 1.54) is 0 Å². The maximum atomic E-state index is 13.4. The highest BCUT2D eigenvalue weighted by atomic mass is 35.5. The molecule has 8 nitrogen and oxygen atoms in total. The highest BCUT2D eigenvalue weighted by molar-refractivity contribution is 6.65. The van der Waals surface area contributed by atoms with E-state index in [1.54, 1.807) is 16.8 Å². The largest absolute Gasteiger partial charge is 0.492 e. The zero-order valence-electron chi connectivity index (χ0n) is 22.9. The predicted octanol–water partition coefficient (Wildman–Crippen LogP) is 5.73. The summed E-state index contributed by atoms with van der Waals surface area (Å²) in [7, 11) is 4.03. The van der Waals surface area contributed by atoms with Crippen LogP contribution in [-0.4, -0.2) is 63.6 Å². The number of hydrogen-bond donors (Lipinski definition) is 1. The van der Waals surface area contributed by atoms with E-state index in [1.807, 2.05) is 52.2 Å². The lowest BCUT2D eigenvalue weighted by atomic mass is 9.82. The number of rotatable bonds is 10. The van der Waals surface area contributed by atoms with Gasteiger partial charge in [0.1, 0.15) is 17.0 Å². The Bertz CT molecular complexity index is 1350. The minimum atomic E-state index is -1.07. The van der Waals surface area contributed by atoms with Crippen molar-refractivity contribution in [3.8, 4) is 22.7 Å². The summed E-state index contributed by atoms with van der Waals surface area (Å²) in [5.41, 5.74) is 2.87. The van der Waals surface area contributed by atoms with Crippen molar-refractivity contribution in [3.63, 3.8) is 0 Å². The molecule has 39 heavy (non-hydrogen) atoms. The minimum Gasteiger partial charge on any atom is -0.492 e. The highest BCUT2D eigenvalue weighted by Crippen LogP contribution is 2.34. The molecular formula is C29H35Cl2N5O3. The van der Waals surface area contributed by atoms with Gasteiger partial charge in [-0.05, 0) is 89.1 Å². The Morgan fingerprint density at radius 3 is 2.49 bits per heavy atom. The summed E-state index contributed by atoms with van der Waals surface area (Å²) < 4.78 is 7.80. The number of aryl methyl sites for hydroxylation is 2. The minimum absolute atomic E-state index is 0.182. The molecule has 0 unspecified atom stereocenters. The van der Waals surface area contributed by atoms with Gasteiger partial charge in [-0.1, -0.05) is 36.9 Å². The standard InChI is InChI=1S/C29H35Cl2N5O3/c1-19-17-20(2)36(34-19)24-12-11-23(27(37)33-29(28(31)38)13-6-5-7-14-29)32-26(24)21-9-10-22(30)25(18-21)39-16-8-15-35(3)4/h9-12,17-18H,5-8,13-16H2,1-4H3,(H,33,37). The number of hydrogen-bond acceptors (Lipinski definition) is 6. The van der Waals surface area contributed by atoms with Crippen molar-refractivity contribution in [1.29, 1.82) is 0 Å². The van der Waals surface area contributed by atoms with Gasteiger partial charge >= 0.3 is 0 Å². The van der Waals surface area contributed by atoms with Crippen LogP contribution >= 0.6 is 23.2 Å². The fourth-order valence-corrected chi connectivity index (χ4v) is 5.37. The van der Waals surface area contributed by atoms with Crippen LogP contribution in [0.4, 0.5) is 0 Å².